The van der Waals surface area contributed by atoms with E-state index in [-0.39, 0.29) is 0 Å². The molecule has 0 unspecified atom stereocenters. The van der Waals surface area contributed by atoms with E-state index in [0.29, 0.717) is 24.8 Å². The summed E-state index contributed by atoms with van der Waals surface area (Å²) < 4.78 is 16.5. The van der Waals surface area contributed by atoms with Gasteiger partial charge in [-0.3, -0.25) is 0 Å². The van der Waals surface area contributed by atoms with Crippen molar-refractivity contribution in [2.24, 2.45) is 0 Å². The first-order valence-corrected chi connectivity index (χ1v) is 9.94. The molecule has 0 saturated heterocycles. The van der Waals surface area contributed by atoms with Crippen LogP contribution in [-0.2, 0) is 13.1 Å². The number of nitrogens with zero attached hydrogens (tertiary/aromatic N) is 1. The van der Waals surface area contributed by atoms with Crippen molar-refractivity contribution in [3.05, 3.63) is 77.7 Å². The minimum atomic E-state index is 0.556. The highest BCUT2D eigenvalue weighted by Gasteiger charge is 2.15. The van der Waals surface area contributed by atoms with E-state index in [0.717, 1.165) is 34.1 Å². The fourth-order valence-corrected chi connectivity index (χ4v) is 3.22. The van der Waals surface area contributed by atoms with Gasteiger partial charge in [0.2, 0.25) is 0 Å². The number of methoxy groups -OCH3 is 1. The molecule has 6 heteroatoms. The van der Waals surface area contributed by atoms with Crippen LogP contribution in [0.25, 0.3) is 0 Å². The van der Waals surface area contributed by atoms with E-state index in [1.54, 1.807) is 13.4 Å². The highest BCUT2D eigenvalue weighted by molar-refractivity contribution is 7.80. The second-order valence-corrected chi connectivity index (χ2v) is 7.03. The van der Waals surface area contributed by atoms with Gasteiger partial charge in [-0.2, -0.15) is 0 Å². The summed E-state index contributed by atoms with van der Waals surface area (Å²) >= 11 is 5.74. The van der Waals surface area contributed by atoms with E-state index < -0.39 is 0 Å². The summed E-state index contributed by atoms with van der Waals surface area (Å²) in [5.74, 6) is 2.45. The molecule has 1 aromatic heterocycles. The number of benzene rings is 2. The maximum absolute atomic E-state index is 5.74. The molecule has 0 bridgehead atoms. The smallest absolute Gasteiger partial charge is 0.174 e. The minimum absolute atomic E-state index is 0.556. The lowest BCUT2D eigenvalue weighted by Gasteiger charge is -2.26. The molecule has 152 valence electrons. The predicted octanol–water partition coefficient (Wildman–Crippen LogP) is 5.39. The lowest BCUT2D eigenvalue weighted by atomic mass is 10.2. The van der Waals surface area contributed by atoms with Crippen LogP contribution in [0.2, 0.25) is 0 Å². The number of nitrogens with one attached hydrogen (secondary N) is 1. The first kappa shape index (κ1) is 20.7. The molecule has 1 heterocycles. The lowest BCUT2D eigenvalue weighted by Crippen LogP contribution is -2.33. The molecule has 0 spiro atoms. The van der Waals surface area contributed by atoms with Crippen LogP contribution >= 0.6 is 12.2 Å². The van der Waals surface area contributed by atoms with Crippen LogP contribution in [-0.4, -0.2) is 23.7 Å². The van der Waals surface area contributed by atoms with Gasteiger partial charge in [-0.25, -0.2) is 0 Å². The Morgan fingerprint density at radius 2 is 1.90 bits per heavy atom. The van der Waals surface area contributed by atoms with Gasteiger partial charge in [0.15, 0.2) is 5.11 Å². The molecule has 0 aliphatic carbocycles. The third-order valence-electron chi connectivity index (χ3n) is 4.42. The topological polar surface area (TPSA) is 46.9 Å². The van der Waals surface area contributed by atoms with Crippen LogP contribution in [0.3, 0.4) is 0 Å². The summed E-state index contributed by atoms with van der Waals surface area (Å²) in [6.45, 7) is 5.85. The Morgan fingerprint density at radius 3 is 2.55 bits per heavy atom. The van der Waals surface area contributed by atoms with Crippen molar-refractivity contribution in [2.45, 2.75) is 26.9 Å². The zero-order valence-corrected chi connectivity index (χ0v) is 17.8. The molecule has 0 fully saturated rings. The number of ether oxygens (including phenoxy) is 2. The maximum Gasteiger partial charge on any atom is 0.174 e. The largest absolute Gasteiger partial charge is 0.495 e. The highest BCUT2D eigenvalue weighted by Crippen LogP contribution is 2.26. The van der Waals surface area contributed by atoms with Gasteiger partial charge in [0.1, 0.15) is 17.3 Å². The SMILES string of the molecule is CCOc1ccc(CN(Cc2ccco2)C(=S)Nc2cc(C)ccc2OC)cc1. The Labute approximate surface area is 177 Å². The van der Waals surface area contributed by atoms with Crippen LogP contribution < -0.4 is 14.8 Å². The molecule has 0 radical (unpaired) electrons. The van der Waals surface area contributed by atoms with Crippen LogP contribution in [0.1, 0.15) is 23.8 Å². The number of furan rings is 1. The number of rotatable bonds is 8. The molecule has 0 aliphatic heterocycles. The van der Waals surface area contributed by atoms with Crippen molar-refractivity contribution < 1.29 is 13.9 Å². The Balaban J connectivity index is 1.79. The quantitative estimate of drug-likeness (QED) is 0.502. The summed E-state index contributed by atoms with van der Waals surface area (Å²) in [4.78, 5) is 2.06. The van der Waals surface area contributed by atoms with Gasteiger partial charge >= 0.3 is 0 Å². The van der Waals surface area contributed by atoms with Crippen molar-refractivity contribution in [3.8, 4) is 11.5 Å². The van der Waals surface area contributed by atoms with Gasteiger partial charge in [-0.15, -0.1) is 0 Å². The number of anilines is 1. The molecular weight excluding hydrogens is 384 g/mol. The van der Waals surface area contributed by atoms with E-state index in [1.165, 1.54) is 0 Å². The van der Waals surface area contributed by atoms with Gasteiger partial charge in [-0.1, -0.05) is 18.2 Å². The van der Waals surface area contributed by atoms with E-state index >= 15 is 0 Å². The summed E-state index contributed by atoms with van der Waals surface area (Å²) in [5, 5.41) is 3.93. The summed E-state index contributed by atoms with van der Waals surface area (Å²) in [7, 11) is 1.65. The first-order valence-electron chi connectivity index (χ1n) is 9.53. The standard InChI is InChI=1S/C23H26N2O3S/c1-4-27-19-10-8-18(9-11-19)15-25(16-20-6-5-13-28-20)23(29)24-21-14-17(2)7-12-22(21)26-3/h5-14H,4,15-16H2,1-3H3,(H,24,29). The average Bonchev–Trinajstić information content (AvgIpc) is 3.22. The van der Waals surface area contributed by atoms with Crippen LogP contribution in [0, 0.1) is 6.92 Å². The molecule has 29 heavy (non-hydrogen) atoms. The van der Waals surface area contributed by atoms with Crippen LogP contribution in [0.5, 0.6) is 11.5 Å². The van der Waals surface area contributed by atoms with Crippen molar-refractivity contribution in [1.29, 1.82) is 0 Å². The van der Waals surface area contributed by atoms with Gasteiger partial charge in [0, 0.05) is 6.54 Å². The first-order chi connectivity index (χ1) is 14.1. The molecule has 0 aliphatic rings. The second-order valence-electron chi connectivity index (χ2n) is 6.65. The average molecular weight is 411 g/mol. The van der Waals surface area contributed by atoms with Crippen LogP contribution in [0.15, 0.2) is 65.3 Å². The number of aryl methyl sites for hydroxylation is 1. The minimum Gasteiger partial charge on any atom is -0.495 e. The molecule has 3 aromatic rings. The summed E-state index contributed by atoms with van der Waals surface area (Å²) in [6, 6.07) is 17.8. The van der Waals surface area contributed by atoms with Crippen molar-refractivity contribution in [3.63, 3.8) is 0 Å². The fraction of sp³-hybridized carbons (Fsp3) is 0.261. The normalized spacial score (nSPS) is 10.4. The molecule has 0 atom stereocenters. The van der Waals surface area contributed by atoms with Crippen molar-refractivity contribution in [1.82, 2.24) is 4.90 Å². The molecule has 3 rings (SSSR count). The van der Waals surface area contributed by atoms with Crippen molar-refractivity contribution in [2.75, 3.05) is 19.0 Å². The molecular formula is C23H26N2O3S. The molecule has 5 nitrogen and oxygen atoms in total. The maximum atomic E-state index is 5.74. The molecule has 2 aromatic carbocycles. The van der Waals surface area contributed by atoms with E-state index in [2.05, 4.69) is 22.3 Å². The van der Waals surface area contributed by atoms with Gasteiger partial charge in [-0.05, 0) is 73.6 Å². The lowest BCUT2D eigenvalue weighted by molar-refractivity contribution is 0.339. The highest BCUT2D eigenvalue weighted by atomic mass is 32.1. The van der Waals surface area contributed by atoms with E-state index in [9.17, 15) is 0 Å². The Bertz CT molecular complexity index is 924. The number of hydrogen-bond donors (Lipinski definition) is 1. The Kier molecular flexibility index (Phi) is 7.14. The zero-order valence-electron chi connectivity index (χ0n) is 17.0. The van der Waals surface area contributed by atoms with Crippen LogP contribution in [0.4, 0.5) is 5.69 Å². The summed E-state index contributed by atoms with van der Waals surface area (Å²) in [5.41, 5.74) is 3.09. The third kappa shape index (κ3) is 5.74. The number of hydrogen-bond acceptors (Lipinski definition) is 4. The molecule has 0 saturated carbocycles. The monoisotopic (exact) mass is 410 g/mol. The zero-order chi connectivity index (χ0) is 20.6. The van der Waals surface area contributed by atoms with Gasteiger partial charge in [0.05, 0.1) is 32.2 Å². The fourth-order valence-electron chi connectivity index (χ4n) is 2.98. The predicted molar refractivity (Wildman–Crippen MR) is 120 cm³/mol. The van der Waals surface area contributed by atoms with E-state index in [1.807, 2.05) is 56.3 Å². The summed E-state index contributed by atoms with van der Waals surface area (Å²) in [6.07, 6.45) is 1.67. The second kappa shape index (κ2) is 9.98. The molecule has 0 amide bonds. The number of thiocarbonyl (C=S) groups is 1. The van der Waals surface area contributed by atoms with Crippen molar-refractivity contribution >= 4 is 23.0 Å². The van der Waals surface area contributed by atoms with Gasteiger partial charge < -0.3 is 24.1 Å². The van der Waals surface area contributed by atoms with Gasteiger partial charge in [0.25, 0.3) is 0 Å². The third-order valence-corrected chi connectivity index (χ3v) is 4.78. The Hall–Kier alpha value is -2.99. The Morgan fingerprint density at radius 1 is 1.10 bits per heavy atom. The molecule has 1 N–H and O–H groups in total. The van der Waals surface area contributed by atoms with E-state index in [4.69, 9.17) is 26.1 Å².